The summed E-state index contributed by atoms with van der Waals surface area (Å²) in [5.74, 6) is 0.149. The minimum Gasteiger partial charge on any atom is -0.372 e. The van der Waals surface area contributed by atoms with Crippen LogP contribution in [0.25, 0.3) is 0 Å². The molecule has 0 fully saturated rings. The molecule has 4 rings (SSSR count). The number of anilines is 2. The molecule has 0 saturated carbocycles. The standard InChI is InChI=1S/C22H21BrCl2N2O/c1-22(2)9-18-20(19(28)10-22)21(14-5-4-13(24)8-15(14)25)27-16-6-3-12(11-23)7-17(16)26-18/h3-8,21,26-27H,9-11H2,1-2H3. The highest BCUT2D eigenvalue weighted by atomic mass is 79.9. The van der Waals surface area contributed by atoms with Crippen LogP contribution in [-0.2, 0) is 10.1 Å². The number of nitrogens with one attached hydrogen (secondary N) is 2. The van der Waals surface area contributed by atoms with Gasteiger partial charge in [0.1, 0.15) is 0 Å². The number of hydrogen-bond donors (Lipinski definition) is 2. The predicted octanol–water partition coefficient (Wildman–Crippen LogP) is 7.11. The minimum absolute atomic E-state index is 0.0885. The molecule has 2 N–H and O–H groups in total. The zero-order chi connectivity index (χ0) is 20.1. The van der Waals surface area contributed by atoms with E-state index >= 15 is 0 Å². The van der Waals surface area contributed by atoms with E-state index < -0.39 is 0 Å². The quantitative estimate of drug-likeness (QED) is 0.451. The second-order valence-corrected chi connectivity index (χ2v) is 9.62. The van der Waals surface area contributed by atoms with Crippen LogP contribution in [0.4, 0.5) is 11.4 Å². The average molecular weight is 480 g/mol. The summed E-state index contributed by atoms with van der Waals surface area (Å²) in [5.41, 5.74) is 5.58. The summed E-state index contributed by atoms with van der Waals surface area (Å²) >= 11 is 16.2. The van der Waals surface area contributed by atoms with Crippen LogP contribution in [0, 0.1) is 5.41 Å². The summed E-state index contributed by atoms with van der Waals surface area (Å²) in [4.78, 5) is 13.2. The van der Waals surface area contributed by atoms with Gasteiger partial charge in [0.15, 0.2) is 5.78 Å². The number of carbonyl (C=O) groups is 1. The Balaban J connectivity index is 1.90. The fraction of sp³-hybridized carbons (Fsp3) is 0.318. The van der Waals surface area contributed by atoms with Crippen molar-refractivity contribution in [1.82, 2.24) is 0 Å². The monoisotopic (exact) mass is 478 g/mol. The largest absolute Gasteiger partial charge is 0.372 e. The molecule has 28 heavy (non-hydrogen) atoms. The normalized spacial score (nSPS) is 20.6. The summed E-state index contributed by atoms with van der Waals surface area (Å²) in [7, 11) is 0. The molecule has 1 heterocycles. The SMILES string of the molecule is CC1(C)CC(=O)C2=C(C1)Nc1cc(CBr)ccc1NC2c1ccc(Cl)cc1Cl. The molecular weight excluding hydrogens is 459 g/mol. The molecular formula is C22H21BrCl2N2O. The van der Waals surface area contributed by atoms with Gasteiger partial charge in [-0.1, -0.05) is 65.1 Å². The molecule has 2 aliphatic rings. The molecule has 0 amide bonds. The predicted molar refractivity (Wildman–Crippen MR) is 121 cm³/mol. The number of hydrogen-bond acceptors (Lipinski definition) is 3. The number of ketones is 1. The van der Waals surface area contributed by atoms with E-state index in [4.69, 9.17) is 23.2 Å². The van der Waals surface area contributed by atoms with Crippen LogP contribution in [0.3, 0.4) is 0 Å². The minimum atomic E-state index is -0.327. The average Bonchev–Trinajstić information content (AvgIpc) is 2.76. The molecule has 0 aromatic heterocycles. The first kappa shape index (κ1) is 19.8. The molecule has 0 radical (unpaired) electrons. The fourth-order valence-corrected chi connectivity index (χ4v) is 4.91. The second kappa shape index (κ2) is 7.40. The molecule has 1 aliphatic carbocycles. The maximum Gasteiger partial charge on any atom is 0.163 e. The number of rotatable bonds is 2. The summed E-state index contributed by atoms with van der Waals surface area (Å²) in [6.45, 7) is 4.27. The van der Waals surface area contributed by atoms with E-state index in [-0.39, 0.29) is 17.2 Å². The Bertz CT molecular complexity index is 1000. The van der Waals surface area contributed by atoms with E-state index in [1.165, 1.54) is 5.56 Å². The topological polar surface area (TPSA) is 41.1 Å². The van der Waals surface area contributed by atoms with Gasteiger partial charge in [0.05, 0.1) is 17.4 Å². The van der Waals surface area contributed by atoms with Crippen molar-refractivity contribution in [2.24, 2.45) is 5.41 Å². The third-order valence-corrected chi connectivity index (χ3v) is 6.52. The fourth-order valence-electron chi connectivity index (χ4n) is 4.04. The molecule has 146 valence electrons. The van der Waals surface area contributed by atoms with Crippen molar-refractivity contribution in [1.29, 1.82) is 0 Å². The van der Waals surface area contributed by atoms with Gasteiger partial charge in [-0.2, -0.15) is 0 Å². The number of alkyl halides is 1. The Morgan fingerprint density at radius 3 is 2.61 bits per heavy atom. The first-order valence-electron chi connectivity index (χ1n) is 9.21. The van der Waals surface area contributed by atoms with Crippen molar-refractivity contribution in [2.75, 3.05) is 10.6 Å². The third-order valence-electron chi connectivity index (χ3n) is 5.31. The van der Waals surface area contributed by atoms with Crippen molar-refractivity contribution in [2.45, 2.75) is 38.1 Å². The molecule has 1 atom stereocenters. The second-order valence-electron chi connectivity index (χ2n) is 8.21. The molecule has 3 nitrogen and oxygen atoms in total. The molecule has 2 aromatic rings. The van der Waals surface area contributed by atoms with Gasteiger partial charge in [-0.25, -0.2) is 0 Å². The Labute approximate surface area is 183 Å². The lowest BCUT2D eigenvalue weighted by molar-refractivity contribution is -0.118. The van der Waals surface area contributed by atoms with E-state index in [1.54, 1.807) is 6.07 Å². The van der Waals surface area contributed by atoms with Gasteiger partial charge in [0.2, 0.25) is 0 Å². The molecule has 1 aliphatic heterocycles. The Morgan fingerprint density at radius 1 is 1.11 bits per heavy atom. The van der Waals surface area contributed by atoms with Crippen molar-refractivity contribution in [3.8, 4) is 0 Å². The Kier molecular flexibility index (Phi) is 5.24. The lowest BCUT2D eigenvalue weighted by Gasteiger charge is -2.34. The first-order valence-corrected chi connectivity index (χ1v) is 11.1. The van der Waals surface area contributed by atoms with Gasteiger partial charge < -0.3 is 10.6 Å². The molecule has 6 heteroatoms. The van der Waals surface area contributed by atoms with Gasteiger partial charge >= 0.3 is 0 Å². The third kappa shape index (κ3) is 3.70. The molecule has 0 spiro atoms. The number of fused-ring (bicyclic) bond motifs is 1. The first-order chi connectivity index (χ1) is 13.3. The molecule has 1 unspecified atom stereocenters. The number of benzene rings is 2. The summed E-state index contributed by atoms with van der Waals surface area (Å²) in [6.07, 6.45) is 1.31. The van der Waals surface area contributed by atoms with Gasteiger partial charge in [0, 0.05) is 33.1 Å². The van der Waals surface area contributed by atoms with Crippen LogP contribution in [0.2, 0.25) is 10.0 Å². The summed E-state index contributed by atoms with van der Waals surface area (Å²) < 4.78 is 0. The van der Waals surface area contributed by atoms with Crippen LogP contribution < -0.4 is 10.6 Å². The maximum atomic E-state index is 13.2. The lowest BCUT2D eigenvalue weighted by Crippen LogP contribution is -2.31. The zero-order valence-electron chi connectivity index (χ0n) is 15.7. The summed E-state index contributed by atoms with van der Waals surface area (Å²) in [5, 5.41) is 9.02. The highest BCUT2D eigenvalue weighted by Crippen LogP contribution is 2.46. The summed E-state index contributed by atoms with van der Waals surface area (Å²) in [6, 6.07) is 11.3. The number of Topliss-reactive ketones (excluding diaryl/α,β-unsaturated/α-hetero) is 1. The van der Waals surface area contributed by atoms with E-state index in [0.29, 0.717) is 16.5 Å². The van der Waals surface area contributed by atoms with Crippen LogP contribution in [0.5, 0.6) is 0 Å². The van der Waals surface area contributed by atoms with Crippen LogP contribution >= 0.6 is 39.1 Å². The zero-order valence-corrected chi connectivity index (χ0v) is 18.8. The van der Waals surface area contributed by atoms with Crippen LogP contribution in [-0.4, -0.2) is 5.78 Å². The molecule has 0 saturated heterocycles. The van der Waals surface area contributed by atoms with Crippen molar-refractivity contribution in [3.63, 3.8) is 0 Å². The van der Waals surface area contributed by atoms with Crippen molar-refractivity contribution >= 4 is 56.3 Å². The van der Waals surface area contributed by atoms with E-state index in [2.05, 4.69) is 52.5 Å². The van der Waals surface area contributed by atoms with E-state index in [1.807, 2.05) is 18.2 Å². The number of carbonyl (C=O) groups excluding carboxylic acids is 1. The smallest absolute Gasteiger partial charge is 0.163 e. The van der Waals surface area contributed by atoms with Gasteiger partial charge in [0.25, 0.3) is 0 Å². The molecule has 0 bridgehead atoms. The van der Waals surface area contributed by atoms with Gasteiger partial charge in [-0.15, -0.1) is 0 Å². The number of halogens is 3. The maximum absolute atomic E-state index is 13.2. The Hall–Kier alpha value is -1.49. The van der Waals surface area contributed by atoms with E-state index in [9.17, 15) is 4.79 Å². The van der Waals surface area contributed by atoms with Gasteiger partial charge in [-0.3, -0.25) is 4.79 Å². The highest BCUT2D eigenvalue weighted by Gasteiger charge is 2.39. The van der Waals surface area contributed by atoms with Crippen molar-refractivity contribution < 1.29 is 4.79 Å². The van der Waals surface area contributed by atoms with Crippen molar-refractivity contribution in [3.05, 3.63) is 68.8 Å². The lowest BCUT2D eigenvalue weighted by atomic mass is 9.73. The van der Waals surface area contributed by atoms with Crippen LogP contribution in [0.1, 0.15) is 43.9 Å². The highest BCUT2D eigenvalue weighted by molar-refractivity contribution is 9.08. The molecule has 2 aromatic carbocycles. The Morgan fingerprint density at radius 2 is 1.89 bits per heavy atom. The van der Waals surface area contributed by atoms with Crippen LogP contribution in [0.15, 0.2) is 47.7 Å². The number of allylic oxidation sites excluding steroid dienone is 1. The van der Waals surface area contributed by atoms with Gasteiger partial charge in [-0.05, 0) is 47.2 Å². The van der Waals surface area contributed by atoms with E-state index in [0.717, 1.165) is 40.0 Å².